The highest BCUT2D eigenvalue weighted by molar-refractivity contribution is 7.19. The summed E-state index contributed by atoms with van der Waals surface area (Å²) in [5, 5.41) is 11.8. The zero-order valence-electron chi connectivity index (χ0n) is 15.6. The third-order valence-corrected chi connectivity index (χ3v) is 5.48. The maximum Gasteiger partial charge on any atom is 0.127 e. The number of aliphatic carboxylic acids is 1. The highest BCUT2D eigenvalue weighted by Gasteiger charge is 2.09. The molecule has 0 radical (unpaired) electrons. The molecule has 0 saturated heterocycles. The van der Waals surface area contributed by atoms with Gasteiger partial charge < -0.3 is 14.6 Å². The zero-order valence-corrected chi connectivity index (χ0v) is 16.4. The number of carboxylic acids is 1. The van der Waals surface area contributed by atoms with E-state index in [0.717, 1.165) is 37.9 Å². The highest BCUT2D eigenvalue weighted by Crippen LogP contribution is 2.31. The molecular formula is C24H18NO3S-. The maximum atomic E-state index is 11.0. The van der Waals surface area contributed by atoms with Crippen LogP contribution >= 0.6 is 11.3 Å². The summed E-state index contributed by atoms with van der Waals surface area (Å²) in [5.74, 6) is 0.452. The first-order valence-corrected chi connectivity index (χ1v) is 10.1. The van der Waals surface area contributed by atoms with E-state index in [4.69, 9.17) is 4.74 Å². The number of fused-ring (bicyclic) bond motifs is 1. The number of benzene rings is 3. The third kappa shape index (κ3) is 4.89. The van der Waals surface area contributed by atoms with Crippen LogP contribution in [0.25, 0.3) is 21.9 Å². The summed E-state index contributed by atoms with van der Waals surface area (Å²) in [6.07, 6.45) is 2.30. The van der Waals surface area contributed by atoms with Crippen molar-refractivity contribution in [2.75, 3.05) is 0 Å². The van der Waals surface area contributed by atoms with Crippen molar-refractivity contribution in [3.63, 3.8) is 0 Å². The molecule has 4 nitrogen and oxygen atoms in total. The second-order valence-electron chi connectivity index (χ2n) is 6.51. The number of hydrogen-bond acceptors (Lipinski definition) is 5. The Kier molecular flexibility index (Phi) is 5.68. The smallest absolute Gasteiger partial charge is 0.127 e. The molecule has 29 heavy (non-hydrogen) atoms. The van der Waals surface area contributed by atoms with E-state index in [1.165, 1.54) is 0 Å². The summed E-state index contributed by atoms with van der Waals surface area (Å²) in [7, 11) is 0. The first-order valence-electron chi connectivity index (χ1n) is 9.27. The van der Waals surface area contributed by atoms with Gasteiger partial charge in [0, 0.05) is 5.97 Å². The van der Waals surface area contributed by atoms with Crippen molar-refractivity contribution in [3.8, 4) is 11.5 Å². The van der Waals surface area contributed by atoms with Gasteiger partial charge in [-0.3, -0.25) is 0 Å². The molecule has 4 aromatic rings. The molecule has 0 bridgehead atoms. The summed E-state index contributed by atoms with van der Waals surface area (Å²) >= 11 is 1.56. The van der Waals surface area contributed by atoms with Crippen LogP contribution in [0.5, 0.6) is 11.5 Å². The van der Waals surface area contributed by atoms with Crippen LogP contribution in [0, 0.1) is 0 Å². The van der Waals surface area contributed by atoms with Crippen LogP contribution in [-0.4, -0.2) is 11.0 Å². The lowest BCUT2D eigenvalue weighted by Crippen LogP contribution is -2.21. The maximum absolute atomic E-state index is 11.0. The quantitative estimate of drug-likeness (QED) is 0.430. The van der Waals surface area contributed by atoms with Gasteiger partial charge >= 0.3 is 0 Å². The Bertz CT molecular complexity index is 1110. The molecule has 0 aliphatic rings. The molecule has 5 heteroatoms. The molecule has 0 spiro atoms. The summed E-state index contributed by atoms with van der Waals surface area (Å²) in [5.41, 5.74) is 2.75. The number of aromatic nitrogens is 1. The average molecular weight is 400 g/mol. The van der Waals surface area contributed by atoms with Gasteiger partial charge in [0.2, 0.25) is 0 Å². The van der Waals surface area contributed by atoms with Crippen molar-refractivity contribution in [1.82, 2.24) is 4.98 Å². The number of para-hydroxylation sites is 2. The minimum atomic E-state index is -1.07. The molecule has 1 aromatic heterocycles. The normalized spacial score (nSPS) is 11.5. The van der Waals surface area contributed by atoms with Crippen LogP contribution in [0.2, 0.25) is 0 Å². The SMILES string of the molecule is O=C([O-])CC/C(=C\c1ccc(Oc2ccccc2)cc1)c1nc2ccccc2s1. The number of ether oxygens (including phenoxy) is 1. The summed E-state index contributed by atoms with van der Waals surface area (Å²) in [6, 6.07) is 25.2. The van der Waals surface area contributed by atoms with Crippen molar-refractivity contribution in [1.29, 1.82) is 0 Å². The fraction of sp³-hybridized carbons (Fsp3) is 0.0833. The Balaban J connectivity index is 1.60. The Hall–Kier alpha value is -3.44. The van der Waals surface area contributed by atoms with Gasteiger partial charge in [0.1, 0.15) is 16.5 Å². The van der Waals surface area contributed by atoms with Crippen LogP contribution in [0.4, 0.5) is 0 Å². The van der Waals surface area contributed by atoms with E-state index >= 15 is 0 Å². The number of hydrogen-bond donors (Lipinski definition) is 0. The van der Waals surface area contributed by atoms with Crippen molar-refractivity contribution < 1.29 is 14.6 Å². The minimum absolute atomic E-state index is 0.0447. The lowest BCUT2D eigenvalue weighted by Gasteiger charge is -2.08. The first kappa shape index (κ1) is 18.9. The van der Waals surface area contributed by atoms with Crippen LogP contribution in [0.1, 0.15) is 23.4 Å². The highest BCUT2D eigenvalue weighted by atomic mass is 32.1. The molecule has 0 saturated carbocycles. The van der Waals surface area contributed by atoms with Gasteiger partial charge in [-0.2, -0.15) is 0 Å². The van der Waals surface area contributed by atoms with Crippen LogP contribution in [0.15, 0.2) is 78.9 Å². The van der Waals surface area contributed by atoms with Gasteiger partial charge in [0.05, 0.1) is 10.2 Å². The van der Waals surface area contributed by atoms with Gasteiger partial charge in [-0.05, 0) is 66.5 Å². The van der Waals surface area contributed by atoms with Crippen molar-refractivity contribution in [3.05, 3.63) is 89.4 Å². The number of carbonyl (C=O) groups excluding carboxylic acids is 1. The fourth-order valence-electron chi connectivity index (χ4n) is 2.95. The molecule has 4 rings (SSSR count). The Morgan fingerprint density at radius 2 is 1.59 bits per heavy atom. The van der Waals surface area contributed by atoms with Crippen LogP contribution in [0.3, 0.4) is 0 Å². The lowest BCUT2D eigenvalue weighted by molar-refractivity contribution is -0.305. The van der Waals surface area contributed by atoms with E-state index in [0.29, 0.717) is 6.42 Å². The molecule has 144 valence electrons. The van der Waals surface area contributed by atoms with Crippen molar-refractivity contribution in [2.24, 2.45) is 0 Å². The van der Waals surface area contributed by atoms with Gasteiger partial charge in [-0.1, -0.05) is 42.5 Å². The minimum Gasteiger partial charge on any atom is -0.550 e. The average Bonchev–Trinajstić information content (AvgIpc) is 3.17. The molecule has 0 atom stereocenters. The monoisotopic (exact) mass is 400 g/mol. The Morgan fingerprint density at radius 1 is 0.897 bits per heavy atom. The molecule has 0 fully saturated rings. The van der Waals surface area contributed by atoms with Crippen molar-refractivity contribution in [2.45, 2.75) is 12.8 Å². The second-order valence-corrected chi connectivity index (χ2v) is 7.54. The third-order valence-electron chi connectivity index (χ3n) is 4.37. The fourth-order valence-corrected chi connectivity index (χ4v) is 3.95. The molecule has 3 aromatic carbocycles. The topological polar surface area (TPSA) is 62.2 Å². The molecule has 0 aliphatic heterocycles. The molecule has 0 unspecified atom stereocenters. The Morgan fingerprint density at radius 3 is 2.31 bits per heavy atom. The molecule has 0 aliphatic carbocycles. The largest absolute Gasteiger partial charge is 0.550 e. The molecular weight excluding hydrogens is 382 g/mol. The number of nitrogens with zero attached hydrogens (tertiary/aromatic N) is 1. The van der Waals surface area contributed by atoms with Crippen LogP contribution in [-0.2, 0) is 4.79 Å². The summed E-state index contributed by atoms with van der Waals surface area (Å²) in [6.45, 7) is 0. The molecule has 1 heterocycles. The zero-order chi connectivity index (χ0) is 20.1. The van der Waals surface area contributed by atoms with E-state index in [2.05, 4.69) is 4.98 Å². The van der Waals surface area contributed by atoms with Gasteiger partial charge in [-0.15, -0.1) is 11.3 Å². The number of carbonyl (C=O) groups is 1. The lowest BCUT2D eigenvalue weighted by atomic mass is 10.1. The van der Waals surface area contributed by atoms with E-state index in [-0.39, 0.29) is 6.42 Å². The predicted octanol–water partition coefficient (Wildman–Crippen LogP) is 5.16. The van der Waals surface area contributed by atoms with Gasteiger partial charge in [0.15, 0.2) is 0 Å². The van der Waals surface area contributed by atoms with E-state index in [1.54, 1.807) is 11.3 Å². The molecule has 0 N–H and O–H groups in total. The summed E-state index contributed by atoms with van der Waals surface area (Å²) in [4.78, 5) is 15.7. The standard InChI is InChI=1S/C24H19NO3S/c26-23(27)15-12-18(24-25-21-8-4-5-9-22(21)29-24)16-17-10-13-20(14-11-17)28-19-6-2-1-3-7-19/h1-11,13-14,16H,12,15H2,(H,26,27)/p-1/b18-16+. The predicted molar refractivity (Wildman–Crippen MR) is 115 cm³/mol. The Labute approximate surface area is 172 Å². The number of rotatable bonds is 7. The van der Waals surface area contributed by atoms with Crippen molar-refractivity contribution >= 4 is 39.2 Å². The molecule has 0 amide bonds. The second kappa shape index (κ2) is 8.71. The number of thiazole rings is 1. The number of allylic oxidation sites excluding steroid dienone is 1. The van der Waals surface area contributed by atoms with E-state index < -0.39 is 5.97 Å². The van der Waals surface area contributed by atoms with Crippen LogP contribution < -0.4 is 9.84 Å². The summed E-state index contributed by atoms with van der Waals surface area (Å²) < 4.78 is 6.90. The van der Waals surface area contributed by atoms with E-state index in [1.807, 2.05) is 84.9 Å². The first-order chi connectivity index (χ1) is 14.2. The van der Waals surface area contributed by atoms with Gasteiger partial charge in [-0.25, -0.2) is 4.98 Å². The van der Waals surface area contributed by atoms with E-state index in [9.17, 15) is 9.90 Å². The number of carboxylic acid groups (broad SMARTS) is 1. The van der Waals surface area contributed by atoms with Gasteiger partial charge in [0.25, 0.3) is 0 Å².